The SMILES string of the molecule is C=C(/C=C(O)\C=C/C)N(C(=O)CCC(=O)O)C1=C(C)C[C@@H](C)C=C1C. The van der Waals surface area contributed by atoms with Crippen LogP contribution in [-0.4, -0.2) is 27.0 Å². The monoisotopic (exact) mass is 345 g/mol. The molecule has 0 saturated heterocycles. The molecule has 0 spiro atoms. The molecule has 0 bridgehead atoms. The smallest absolute Gasteiger partial charge is 0.303 e. The molecule has 0 radical (unpaired) electrons. The Labute approximate surface area is 149 Å². The first-order valence-corrected chi connectivity index (χ1v) is 8.32. The number of carbonyl (C=O) groups excluding carboxylic acids is 1. The van der Waals surface area contributed by atoms with Gasteiger partial charge in [0.05, 0.1) is 12.1 Å². The fraction of sp³-hybridized carbons (Fsp3) is 0.400. The molecular formula is C20H27NO4. The number of hydrogen-bond acceptors (Lipinski definition) is 3. The van der Waals surface area contributed by atoms with Gasteiger partial charge in [0.2, 0.25) is 5.91 Å². The van der Waals surface area contributed by atoms with Gasteiger partial charge in [0.1, 0.15) is 5.76 Å². The Morgan fingerprint density at radius 2 is 1.96 bits per heavy atom. The Hall–Kier alpha value is -2.56. The molecule has 1 rings (SSSR count). The van der Waals surface area contributed by atoms with Crippen LogP contribution < -0.4 is 0 Å². The van der Waals surface area contributed by atoms with Crippen molar-refractivity contribution in [3.8, 4) is 0 Å². The van der Waals surface area contributed by atoms with Gasteiger partial charge in [0, 0.05) is 18.2 Å². The lowest BCUT2D eigenvalue weighted by Gasteiger charge is -2.32. The van der Waals surface area contributed by atoms with Gasteiger partial charge in [-0.1, -0.05) is 25.7 Å². The third-order valence-electron chi connectivity index (χ3n) is 3.91. The van der Waals surface area contributed by atoms with Crippen molar-refractivity contribution in [1.82, 2.24) is 4.90 Å². The molecule has 136 valence electrons. The van der Waals surface area contributed by atoms with Crippen molar-refractivity contribution in [2.45, 2.75) is 47.0 Å². The number of aliphatic hydroxyl groups excluding tert-OH is 1. The molecule has 1 amide bonds. The number of rotatable bonds is 7. The van der Waals surface area contributed by atoms with Crippen molar-refractivity contribution >= 4 is 11.9 Å². The molecule has 0 aromatic carbocycles. The van der Waals surface area contributed by atoms with Crippen LogP contribution in [0.15, 0.2) is 59.2 Å². The molecule has 0 aromatic heterocycles. The number of aliphatic hydroxyl groups is 1. The van der Waals surface area contributed by atoms with Gasteiger partial charge in [-0.3, -0.25) is 14.5 Å². The molecule has 0 saturated carbocycles. The molecule has 0 aromatic rings. The lowest BCUT2D eigenvalue weighted by atomic mass is 9.89. The summed E-state index contributed by atoms with van der Waals surface area (Å²) in [7, 11) is 0. The summed E-state index contributed by atoms with van der Waals surface area (Å²) in [6.45, 7) is 11.7. The summed E-state index contributed by atoms with van der Waals surface area (Å²) in [4.78, 5) is 25.0. The van der Waals surface area contributed by atoms with Crippen LogP contribution >= 0.6 is 0 Å². The first-order chi connectivity index (χ1) is 11.7. The van der Waals surface area contributed by atoms with Crippen LogP contribution in [0.2, 0.25) is 0 Å². The Bertz CT molecular complexity index is 680. The fourth-order valence-corrected chi connectivity index (χ4v) is 3.06. The van der Waals surface area contributed by atoms with E-state index in [1.54, 1.807) is 13.0 Å². The van der Waals surface area contributed by atoms with Gasteiger partial charge >= 0.3 is 5.97 Å². The predicted molar refractivity (Wildman–Crippen MR) is 98.6 cm³/mol. The lowest BCUT2D eigenvalue weighted by Crippen LogP contribution is -2.32. The Kier molecular flexibility index (Phi) is 7.43. The minimum atomic E-state index is -1.03. The van der Waals surface area contributed by atoms with E-state index < -0.39 is 5.97 Å². The standard InChI is InChI=1S/C20H27NO4/c1-6-7-17(22)12-16(5)21(18(23)8-9-19(24)25)20-14(3)10-13(2)11-15(20)4/h6-7,10,12-13,22H,5,8-9,11H2,1-4H3,(H,24,25)/b7-6-,17-12+/t13-/m0/s1. The Morgan fingerprint density at radius 3 is 2.48 bits per heavy atom. The predicted octanol–water partition coefficient (Wildman–Crippen LogP) is 4.47. The molecule has 1 atom stereocenters. The van der Waals surface area contributed by atoms with Crippen LogP contribution in [-0.2, 0) is 9.59 Å². The number of carbonyl (C=O) groups is 2. The maximum atomic E-state index is 12.7. The number of nitrogens with zero attached hydrogens (tertiary/aromatic N) is 1. The number of hydrogen-bond donors (Lipinski definition) is 2. The quantitative estimate of drug-likeness (QED) is 0.527. The zero-order valence-electron chi connectivity index (χ0n) is 15.4. The van der Waals surface area contributed by atoms with Gasteiger partial charge in [-0.05, 0) is 50.3 Å². The molecule has 0 unspecified atom stereocenters. The summed E-state index contributed by atoms with van der Waals surface area (Å²) >= 11 is 0. The first-order valence-electron chi connectivity index (χ1n) is 8.32. The summed E-state index contributed by atoms with van der Waals surface area (Å²) in [5.41, 5.74) is 3.03. The van der Waals surface area contributed by atoms with Gasteiger partial charge in [0.15, 0.2) is 0 Å². The second-order valence-corrected chi connectivity index (χ2v) is 6.34. The Balaban J connectivity index is 3.29. The van der Waals surface area contributed by atoms with Gasteiger partial charge < -0.3 is 10.2 Å². The highest BCUT2D eigenvalue weighted by Gasteiger charge is 2.26. The van der Waals surface area contributed by atoms with Gasteiger partial charge in [-0.15, -0.1) is 0 Å². The number of carboxylic acids is 1. The summed E-state index contributed by atoms with van der Waals surface area (Å²) in [5.74, 6) is -1.03. The molecule has 0 heterocycles. The topological polar surface area (TPSA) is 77.8 Å². The molecule has 0 aliphatic heterocycles. The van der Waals surface area contributed by atoms with Crippen LogP contribution in [0.3, 0.4) is 0 Å². The molecular weight excluding hydrogens is 318 g/mol. The zero-order chi connectivity index (χ0) is 19.1. The lowest BCUT2D eigenvalue weighted by molar-refractivity contribution is -0.139. The van der Waals surface area contributed by atoms with Crippen molar-refractivity contribution in [2.75, 3.05) is 0 Å². The Morgan fingerprint density at radius 1 is 1.32 bits per heavy atom. The van der Waals surface area contributed by atoms with Crippen LogP contribution in [0, 0.1) is 5.92 Å². The van der Waals surface area contributed by atoms with Crippen LogP contribution in [0.25, 0.3) is 0 Å². The highest BCUT2D eigenvalue weighted by molar-refractivity contribution is 5.85. The van der Waals surface area contributed by atoms with Gasteiger partial charge in [-0.2, -0.15) is 0 Å². The van der Waals surface area contributed by atoms with Crippen molar-refractivity contribution in [1.29, 1.82) is 0 Å². The van der Waals surface area contributed by atoms with E-state index in [4.69, 9.17) is 5.11 Å². The van der Waals surface area contributed by atoms with E-state index in [1.165, 1.54) is 17.1 Å². The van der Waals surface area contributed by atoms with Gasteiger partial charge in [0.25, 0.3) is 0 Å². The number of carboxylic acid groups (broad SMARTS) is 1. The molecule has 25 heavy (non-hydrogen) atoms. The van der Waals surface area contributed by atoms with Crippen molar-refractivity contribution < 1.29 is 19.8 Å². The largest absolute Gasteiger partial charge is 0.508 e. The maximum Gasteiger partial charge on any atom is 0.303 e. The van der Waals surface area contributed by atoms with E-state index >= 15 is 0 Å². The molecule has 0 fully saturated rings. The summed E-state index contributed by atoms with van der Waals surface area (Å²) in [6, 6.07) is 0. The van der Waals surface area contributed by atoms with E-state index in [2.05, 4.69) is 19.6 Å². The molecule has 5 heteroatoms. The highest BCUT2D eigenvalue weighted by atomic mass is 16.4. The fourth-order valence-electron chi connectivity index (χ4n) is 3.06. The van der Waals surface area contributed by atoms with Crippen molar-refractivity contribution in [3.63, 3.8) is 0 Å². The molecule has 1 aliphatic carbocycles. The average molecular weight is 345 g/mol. The summed E-state index contributed by atoms with van der Waals surface area (Å²) in [5, 5.41) is 18.8. The molecule has 1 aliphatic rings. The third kappa shape index (κ3) is 5.78. The molecule has 5 nitrogen and oxygen atoms in total. The van der Waals surface area contributed by atoms with E-state index in [9.17, 15) is 14.7 Å². The van der Waals surface area contributed by atoms with Crippen molar-refractivity contribution in [3.05, 3.63) is 59.2 Å². The maximum absolute atomic E-state index is 12.7. The molecule has 2 N–H and O–H groups in total. The van der Waals surface area contributed by atoms with E-state index in [-0.39, 0.29) is 24.5 Å². The second kappa shape index (κ2) is 9.06. The first kappa shape index (κ1) is 20.5. The minimum absolute atomic E-state index is 0.0207. The van der Waals surface area contributed by atoms with Crippen LogP contribution in [0.1, 0.15) is 47.0 Å². The van der Waals surface area contributed by atoms with Crippen LogP contribution in [0.4, 0.5) is 0 Å². The van der Waals surface area contributed by atoms with Crippen LogP contribution in [0.5, 0.6) is 0 Å². The normalized spacial score (nSPS) is 18.3. The van der Waals surface area contributed by atoms with E-state index in [0.717, 1.165) is 23.3 Å². The summed E-state index contributed by atoms with van der Waals surface area (Å²) < 4.78 is 0. The second-order valence-electron chi connectivity index (χ2n) is 6.34. The minimum Gasteiger partial charge on any atom is -0.508 e. The number of aliphatic carboxylic acids is 1. The van der Waals surface area contributed by atoms with Crippen molar-refractivity contribution in [2.24, 2.45) is 5.92 Å². The van der Waals surface area contributed by atoms with E-state index in [0.29, 0.717) is 11.6 Å². The average Bonchev–Trinajstić information content (AvgIpc) is 2.48. The number of allylic oxidation sites excluding steroid dienone is 6. The highest BCUT2D eigenvalue weighted by Crippen LogP contribution is 2.33. The third-order valence-corrected chi connectivity index (χ3v) is 3.91. The van der Waals surface area contributed by atoms with Gasteiger partial charge in [-0.25, -0.2) is 0 Å². The number of amides is 1. The van der Waals surface area contributed by atoms with E-state index in [1.807, 2.05) is 13.8 Å². The zero-order valence-corrected chi connectivity index (χ0v) is 15.4. The summed E-state index contributed by atoms with van der Waals surface area (Å²) in [6.07, 6.45) is 7.09.